The summed E-state index contributed by atoms with van der Waals surface area (Å²) >= 11 is 1.36. The molecule has 10 heteroatoms. The first-order chi connectivity index (χ1) is 12.9. The summed E-state index contributed by atoms with van der Waals surface area (Å²) in [5.41, 5.74) is 1.85. The number of nitrogens with zero attached hydrogens (tertiary/aromatic N) is 4. The van der Waals surface area contributed by atoms with Crippen LogP contribution in [0.5, 0.6) is 0 Å². The van der Waals surface area contributed by atoms with Crippen LogP contribution in [0, 0.1) is 6.92 Å². The minimum Gasteiger partial charge on any atom is -0.462 e. The zero-order chi connectivity index (χ0) is 19.8. The van der Waals surface area contributed by atoms with Crippen molar-refractivity contribution in [3.05, 3.63) is 33.5 Å². The lowest BCUT2D eigenvalue weighted by Crippen LogP contribution is -2.38. The zero-order valence-corrected chi connectivity index (χ0v) is 20.1. The molecule has 8 nitrogen and oxygen atoms in total. The van der Waals surface area contributed by atoms with Crippen molar-refractivity contribution in [2.24, 2.45) is 12.0 Å². The Balaban J connectivity index is 0.00000392. The van der Waals surface area contributed by atoms with Crippen molar-refractivity contribution in [3.8, 4) is 0 Å². The van der Waals surface area contributed by atoms with Crippen molar-refractivity contribution in [2.75, 3.05) is 19.7 Å². The Labute approximate surface area is 187 Å². The summed E-state index contributed by atoms with van der Waals surface area (Å²) in [6, 6.07) is -0.0759. The van der Waals surface area contributed by atoms with Crippen LogP contribution in [-0.2, 0) is 18.2 Å². The minimum atomic E-state index is -0.317. The van der Waals surface area contributed by atoms with Gasteiger partial charge in [-0.25, -0.2) is 9.78 Å². The van der Waals surface area contributed by atoms with Gasteiger partial charge >= 0.3 is 5.97 Å². The highest BCUT2D eigenvalue weighted by Gasteiger charge is 2.20. The molecular weight excluding hydrogens is 491 g/mol. The number of thiazole rings is 1. The van der Waals surface area contributed by atoms with Gasteiger partial charge in [0.2, 0.25) is 0 Å². The van der Waals surface area contributed by atoms with Gasteiger partial charge in [-0.3, -0.25) is 9.67 Å². The number of hydrogen-bond donors (Lipinski definition) is 2. The highest BCUT2D eigenvalue weighted by molar-refractivity contribution is 14.0. The molecule has 0 fully saturated rings. The van der Waals surface area contributed by atoms with E-state index in [9.17, 15) is 4.79 Å². The van der Waals surface area contributed by atoms with E-state index in [0.717, 1.165) is 29.5 Å². The number of carbonyl (C=O) groups excluding carboxylic acids is 1. The summed E-state index contributed by atoms with van der Waals surface area (Å²) < 4.78 is 6.87. The molecule has 1 unspecified atom stereocenters. The van der Waals surface area contributed by atoms with Crippen LogP contribution in [0.3, 0.4) is 0 Å². The first-order valence-corrected chi connectivity index (χ1v) is 9.93. The lowest BCUT2D eigenvalue weighted by Gasteiger charge is -2.16. The Hall–Kier alpha value is -1.69. The van der Waals surface area contributed by atoms with Gasteiger partial charge in [0.05, 0.1) is 24.5 Å². The summed E-state index contributed by atoms with van der Waals surface area (Å²) in [6.45, 7) is 9.41. The monoisotopic (exact) mass is 520 g/mol. The number of esters is 1. The number of halogens is 1. The van der Waals surface area contributed by atoms with Gasteiger partial charge in [0.1, 0.15) is 9.88 Å². The number of ether oxygens (including phenoxy) is 1. The predicted octanol–water partition coefficient (Wildman–Crippen LogP) is 2.84. The fourth-order valence-electron chi connectivity index (χ4n) is 2.47. The molecule has 1 atom stereocenters. The van der Waals surface area contributed by atoms with E-state index in [1.807, 2.05) is 40.2 Å². The first kappa shape index (κ1) is 24.3. The number of carbonyl (C=O) groups is 1. The Kier molecular flexibility index (Phi) is 10.4. The topological polar surface area (TPSA) is 93.4 Å². The number of hydrogen-bond acceptors (Lipinski definition) is 6. The van der Waals surface area contributed by atoms with E-state index in [1.54, 1.807) is 11.6 Å². The van der Waals surface area contributed by atoms with E-state index < -0.39 is 0 Å². The summed E-state index contributed by atoms with van der Waals surface area (Å²) in [7, 11) is 1.90. The Morgan fingerprint density at radius 2 is 2.18 bits per heavy atom. The number of aryl methyl sites for hydroxylation is 2. The number of rotatable bonds is 8. The molecule has 0 bridgehead atoms. The highest BCUT2D eigenvalue weighted by Crippen LogP contribution is 2.24. The van der Waals surface area contributed by atoms with Gasteiger partial charge in [-0.05, 0) is 39.7 Å². The van der Waals surface area contributed by atoms with E-state index >= 15 is 0 Å². The van der Waals surface area contributed by atoms with Crippen molar-refractivity contribution in [1.29, 1.82) is 0 Å². The Morgan fingerprint density at radius 3 is 2.79 bits per heavy atom. The molecule has 2 N–H and O–H groups in total. The highest BCUT2D eigenvalue weighted by atomic mass is 127. The fraction of sp³-hybridized carbons (Fsp3) is 0.556. The molecule has 0 saturated heterocycles. The smallest absolute Gasteiger partial charge is 0.350 e. The van der Waals surface area contributed by atoms with E-state index in [4.69, 9.17) is 4.74 Å². The molecule has 28 heavy (non-hydrogen) atoms. The van der Waals surface area contributed by atoms with Crippen molar-refractivity contribution in [3.63, 3.8) is 0 Å². The van der Waals surface area contributed by atoms with Crippen LogP contribution in [0.4, 0.5) is 0 Å². The molecule has 2 heterocycles. The third-order valence-electron chi connectivity index (χ3n) is 3.77. The van der Waals surface area contributed by atoms with Crippen molar-refractivity contribution in [2.45, 2.75) is 40.2 Å². The third kappa shape index (κ3) is 7.04. The van der Waals surface area contributed by atoms with E-state index in [1.165, 1.54) is 11.3 Å². The van der Waals surface area contributed by atoms with Crippen molar-refractivity contribution < 1.29 is 9.53 Å². The molecule has 0 aliphatic carbocycles. The van der Waals surface area contributed by atoms with Gasteiger partial charge in [-0.15, -0.1) is 35.3 Å². The Morgan fingerprint density at radius 1 is 1.43 bits per heavy atom. The maximum atomic E-state index is 12.0. The SMILES string of the molecule is CCNC(=NCCc1cnn(C)c1)NC(C)c1nc(C)c(C(=O)OCC)s1.I. The number of aromatic nitrogens is 3. The van der Waals surface area contributed by atoms with Crippen LogP contribution >= 0.6 is 35.3 Å². The number of aliphatic imine (C=N–C) groups is 1. The van der Waals surface area contributed by atoms with E-state index in [0.29, 0.717) is 23.7 Å². The predicted molar refractivity (Wildman–Crippen MR) is 123 cm³/mol. The molecule has 0 aliphatic heterocycles. The second-order valence-electron chi connectivity index (χ2n) is 6.09. The molecule has 0 radical (unpaired) electrons. The second-order valence-corrected chi connectivity index (χ2v) is 7.12. The van der Waals surface area contributed by atoms with Gasteiger partial charge in [-0.2, -0.15) is 5.10 Å². The van der Waals surface area contributed by atoms with Crippen molar-refractivity contribution in [1.82, 2.24) is 25.4 Å². The zero-order valence-electron chi connectivity index (χ0n) is 17.0. The molecule has 156 valence electrons. The van der Waals surface area contributed by atoms with Gasteiger partial charge in [-0.1, -0.05) is 0 Å². The van der Waals surface area contributed by atoms with Gasteiger partial charge in [0.25, 0.3) is 0 Å². The molecule has 0 aliphatic rings. The minimum absolute atomic E-state index is 0. The quantitative estimate of drug-likeness (QED) is 0.241. The molecule has 2 rings (SSSR count). The molecule has 0 amide bonds. The van der Waals surface area contributed by atoms with Crippen LogP contribution in [0.25, 0.3) is 0 Å². The normalized spacial score (nSPS) is 12.2. The molecule has 0 saturated carbocycles. The van der Waals surface area contributed by atoms with Crippen molar-refractivity contribution >= 4 is 47.2 Å². The fourth-order valence-corrected chi connectivity index (χ4v) is 3.44. The second kappa shape index (κ2) is 12.0. The van der Waals surface area contributed by atoms with Crippen LogP contribution < -0.4 is 10.6 Å². The van der Waals surface area contributed by atoms with Gasteiger partial charge < -0.3 is 15.4 Å². The Bertz CT molecular complexity index is 789. The largest absolute Gasteiger partial charge is 0.462 e. The van der Waals surface area contributed by atoms with Crippen LogP contribution in [0.2, 0.25) is 0 Å². The van der Waals surface area contributed by atoms with Crippen LogP contribution in [0.1, 0.15) is 52.7 Å². The van der Waals surface area contributed by atoms with Gasteiger partial charge in [0.15, 0.2) is 5.96 Å². The van der Waals surface area contributed by atoms with Crippen LogP contribution in [0.15, 0.2) is 17.4 Å². The average molecular weight is 520 g/mol. The lowest BCUT2D eigenvalue weighted by molar-refractivity contribution is 0.0531. The lowest BCUT2D eigenvalue weighted by atomic mass is 10.2. The third-order valence-corrected chi connectivity index (χ3v) is 5.09. The van der Waals surface area contributed by atoms with E-state index in [-0.39, 0.29) is 36.0 Å². The summed E-state index contributed by atoms with van der Waals surface area (Å²) in [5.74, 6) is 0.405. The van der Waals surface area contributed by atoms with E-state index in [2.05, 4.69) is 25.7 Å². The molecule has 0 aromatic carbocycles. The molecular formula is C18H29IN6O2S. The summed E-state index contributed by atoms with van der Waals surface area (Å²) in [6.07, 6.45) is 4.67. The van der Waals surface area contributed by atoms with Crippen LogP contribution in [-0.4, -0.2) is 46.4 Å². The number of nitrogens with one attached hydrogen (secondary N) is 2. The molecule has 0 spiro atoms. The first-order valence-electron chi connectivity index (χ1n) is 9.11. The summed E-state index contributed by atoms with van der Waals surface area (Å²) in [5, 5.41) is 11.6. The average Bonchev–Trinajstić information content (AvgIpc) is 3.21. The maximum absolute atomic E-state index is 12.0. The standard InChI is InChI=1S/C18H28N6O2S.HI/c1-6-19-18(20-9-8-14-10-21-24(5)11-14)23-13(4)16-22-12(3)15(27-16)17(25)26-7-2;/h10-11,13H,6-9H2,1-5H3,(H2,19,20,23);1H. The van der Waals surface area contributed by atoms with Gasteiger partial charge in [0, 0.05) is 26.3 Å². The number of guanidine groups is 1. The maximum Gasteiger partial charge on any atom is 0.350 e. The molecule has 2 aromatic heterocycles. The summed E-state index contributed by atoms with van der Waals surface area (Å²) in [4.78, 5) is 21.7. The molecule has 2 aromatic rings.